The maximum absolute atomic E-state index is 10.2. The predicted octanol–water partition coefficient (Wildman–Crippen LogP) is -0.214. The number of phenolic OH excluding ortho intramolecular Hbond substituents is 2. The molecular formula is C20H22CaO8. The Morgan fingerprint density at radius 2 is 1.14 bits per heavy atom. The standard InChI is InChI=1S/2C10H12O4.Ca/c2*1-14-9-6-7(2-4-8(9)11)3-5-10(12)13;/h2*2,4,6,11H,3,5H2,1H3,(H,12,13);/q;;+2/p-2. The zero-order valence-corrected chi connectivity index (χ0v) is 18.6. The molecule has 2 N–H and O–H groups in total. The van der Waals surface area contributed by atoms with Gasteiger partial charge in [0.15, 0.2) is 23.0 Å². The number of carboxylic acids is 2. The van der Waals surface area contributed by atoms with Gasteiger partial charge >= 0.3 is 37.7 Å². The number of carbonyl (C=O) groups excluding carboxylic acids is 2. The Morgan fingerprint density at radius 1 is 0.793 bits per heavy atom. The Kier molecular flexibility index (Phi) is 12.9. The summed E-state index contributed by atoms with van der Waals surface area (Å²) in [5.74, 6) is -1.38. The van der Waals surface area contributed by atoms with Crippen LogP contribution in [0.25, 0.3) is 0 Å². The fraction of sp³-hybridized carbons (Fsp3) is 0.300. The third-order valence-corrected chi connectivity index (χ3v) is 3.72. The monoisotopic (exact) mass is 430 g/mol. The van der Waals surface area contributed by atoms with Gasteiger partial charge < -0.3 is 39.5 Å². The number of aryl methyl sites for hydroxylation is 2. The summed E-state index contributed by atoms with van der Waals surface area (Å²) in [6.45, 7) is 0. The molecule has 0 aliphatic heterocycles. The van der Waals surface area contributed by atoms with Crippen molar-refractivity contribution in [3.63, 3.8) is 0 Å². The third kappa shape index (κ3) is 10.3. The first kappa shape index (κ1) is 26.8. The summed E-state index contributed by atoms with van der Waals surface area (Å²) in [4.78, 5) is 20.4. The van der Waals surface area contributed by atoms with Gasteiger partial charge in [0.2, 0.25) is 0 Å². The van der Waals surface area contributed by atoms with E-state index in [4.69, 9.17) is 9.47 Å². The molecule has 0 unspecified atom stereocenters. The van der Waals surface area contributed by atoms with E-state index in [9.17, 15) is 30.0 Å². The number of ether oxygens (including phenoxy) is 2. The summed E-state index contributed by atoms with van der Waals surface area (Å²) in [5, 5.41) is 38.9. The van der Waals surface area contributed by atoms with Gasteiger partial charge in [-0.1, -0.05) is 12.1 Å². The Hall–Kier alpha value is -2.16. The van der Waals surface area contributed by atoms with Crippen LogP contribution in [0.5, 0.6) is 23.0 Å². The van der Waals surface area contributed by atoms with Crippen molar-refractivity contribution in [3.8, 4) is 23.0 Å². The van der Waals surface area contributed by atoms with Crippen molar-refractivity contribution in [1.82, 2.24) is 0 Å². The number of aliphatic carboxylic acids is 2. The molecule has 29 heavy (non-hydrogen) atoms. The van der Waals surface area contributed by atoms with Crippen LogP contribution < -0.4 is 19.7 Å². The van der Waals surface area contributed by atoms with E-state index in [1.165, 1.54) is 26.4 Å². The van der Waals surface area contributed by atoms with Crippen LogP contribution in [0.2, 0.25) is 0 Å². The van der Waals surface area contributed by atoms with Crippen LogP contribution in [-0.2, 0) is 22.4 Å². The van der Waals surface area contributed by atoms with Crippen molar-refractivity contribution in [2.45, 2.75) is 25.7 Å². The van der Waals surface area contributed by atoms with Gasteiger partial charge in [0, 0.05) is 11.9 Å². The average molecular weight is 430 g/mol. The summed E-state index contributed by atoms with van der Waals surface area (Å²) in [5.41, 5.74) is 1.59. The van der Waals surface area contributed by atoms with Gasteiger partial charge in [0.25, 0.3) is 0 Å². The summed E-state index contributed by atoms with van der Waals surface area (Å²) < 4.78 is 9.76. The molecule has 9 heteroatoms. The van der Waals surface area contributed by atoms with E-state index in [1.807, 2.05) is 0 Å². The van der Waals surface area contributed by atoms with Gasteiger partial charge in [-0.25, -0.2) is 0 Å². The van der Waals surface area contributed by atoms with E-state index < -0.39 is 11.9 Å². The van der Waals surface area contributed by atoms with Crippen LogP contribution in [-0.4, -0.2) is 74.1 Å². The number of carbonyl (C=O) groups is 2. The number of carboxylic acid groups (broad SMARTS) is 2. The summed E-state index contributed by atoms with van der Waals surface area (Å²) in [7, 11) is 2.88. The maximum Gasteiger partial charge on any atom is 2.00 e. The first-order valence-corrected chi connectivity index (χ1v) is 8.38. The van der Waals surface area contributed by atoms with Gasteiger partial charge in [-0.3, -0.25) is 0 Å². The van der Waals surface area contributed by atoms with Crippen molar-refractivity contribution >= 4 is 49.7 Å². The number of rotatable bonds is 8. The molecule has 0 aliphatic carbocycles. The second-order valence-corrected chi connectivity index (χ2v) is 5.76. The van der Waals surface area contributed by atoms with Crippen LogP contribution in [0.3, 0.4) is 0 Å². The fourth-order valence-electron chi connectivity index (χ4n) is 2.25. The van der Waals surface area contributed by atoms with Crippen LogP contribution in [0.1, 0.15) is 24.0 Å². The Labute approximate surface area is 198 Å². The topological polar surface area (TPSA) is 139 Å². The number of hydrogen-bond acceptors (Lipinski definition) is 8. The molecule has 0 atom stereocenters. The molecule has 8 nitrogen and oxygen atoms in total. The molecule has 0 saturated heterocycles. The first-order valence-electron chi connectivity index (χ1n) is 8.38. The molecule has 152 valence electrons. The molecular weight excluding hydrogens is 408 g/mol. The fourth-order valence-corrected chi connectivity index (χ4v) is 2.25. The van der Waals surface area contributed by atoms with E-state index >= 15 is 0 Å². The smallest absolute Gasteiger partial charge is 0.550 e. The van der Waals surface area contributed by atoms with E-state index in [1.54, 1.807) is 24.3 Å². The number of benzene rings is 2. The zero-order valence-electron chi connectivity index (χ0n) is 16.3. The zero-order chi connectivity index (χ0) is 21.1. The average Bonchev–Trinajstić information content (AvgIpc) is 2.67. The van der Waals surface area contributed by atoms with Crippen molar-refractivity contribution in [2.75, 3.05) is 14.2 Å². The second-order valence-electron chi connectivity index (χ2n) is 5.76. The molecule has 0 heterocycles. The summed E-state index contributed by atoms with van der Waals surface area (Å²) >= 11 is 0. The minimum Gasteiger partial charge on any atom is -0.550 e. The largest absolute Gasteiger partial charge is 2.00 e. The number of methoxy groups -OCH3 is 2. The molecule has 0 aliphatic rings. The van der Waals surface area contributed by atoms with Crippen molar-refractivity contribution in [1.29, 1.82) is 0 Å². The molecule has 2 aromatic carbocycles. The maximum atomic E-state index is 10.2. The number of aromatic hydroxyl groups is 2. The van der Waals surface area contributed by atoms with E-state index in [-0.39, 0.29) is 62.1 Å². The van der Waals surface area contributed by atoms with Gasteiger partial charge in [0.1, 0.15) is 0 Å². The molecule has 0 spiro atoms. The minimum atomic E-state index is -1.09. The SMILES string of the molecule is COc1cc(CCC(=O)[O-])ccc1O.COc1cc(CCC(=O)[O-])ccc1O.[Ca+2]. The second kappa shape index (κ2) is 13.9. The van der Waals surface area contributed by atoms with Crippen LogP contribution >= 0.6 is 0 Å². The molecule has 2 rings (SSSR count). The molecule has 0 fully saturated rings. The molecule has 0 bridgehead atoms. The van der Waals surface area contributed by atoms with Gasteiger partial charge in [-0.15, -0.1) is 0 Å². The number of phenols is 2. The Balaban J connectivity index is 0.000000523. The summed E-state index contributed by atoms with van der Waals surface area (Å²) in [6.07, 6.45) is 0.680. The molecule has 0 radical (unpaired) electrons. The van der Waals surface area contributed by atoms with E-state index in [0.717, 1.165) is 11.1 Å². The van der Waals surface area contributed by atoms with Crippen molar-refractivity contribution < 1.29 is 39.5 Å². The van der Waals surface area contributed by atoms with Crippen LogP contribution in [0.4, 0.5) is 0 Å². The molecule has 2 aromatic rings. The van der Waals surface area contributed by atoms with Gasteiger partial charge in [-0.05, 0) is 61.1 Å². The van der Waals surface area contributed by atoms with Crippen molar-refractivity contribution in [3.05, 3.63) is 47.5 Å². The van der Waals surface area contributed by atoms with Crippen LogP contribution in [0.15, 0.2) is 36.4 Å². The van der Waals surface area contributed by atoms with Gasteiger partial charge in [-0.2, -0.15) is 0 Å². The van der Waals surface area contributed by atoms with E-state index in [0.29, 0.717) is 24.3 Å². The minimum absolute atomic E-state index is 0. The molecule has 0 aromatic heterocycles. The van der Waals surface area contributed by atoms with Crippen molar-refractivity contribution in [2.24, 2.45) is 0 Å². The van der Waals surface area contributed by atoms with Crippen LogP contribution in [0, 0.1) is 0 Å². The normalized spacial score (nSPS) is 9.45. The molecule has 0 amide bonds. The quantitative estimate of drug-likeness (QED) is 0.548. The number of hydrogen-bond donors (Lipinski definition) is 2. The Bertz CT molecular complexity index is 740. The summed E-state index contributed by atoms with van der Waals surface area (Å²) in [6, 6.07) is 9.48. The van der Waals surface area contributed by atoms with Gasteiger partial charge in [0.05, 0.1) is 14.2 Å². The van der Waals surface area contributed by atoms with E-state index in [2.05, 4.69) is 0 Å². The third-order valence-electron chi connectivity index (χ3n) is 3.72. The first-order chi connectivity index (χ1) is 13.3. The molecule has 0 saturated carbocycles. The predicted molar refractivity (Wildman–Crippen MR) is 102 cm³/mol. The Morgan fingerprint density at radius 3 is 1.41 bits per heavy atom.